The first kappa shape index (κ1) is 17.7. The van der Waals surface area contributed by atoms with Crippen LogP contribution in [0.1, 0.15) is 25.3 Å². The summed E-state index contributed by atoms with van der Waals surface area (Å²) in [6.07, 6.45) is 4.04. The third-order valence-corrected chi connectivity index (χ3v) is 3.10. The van der Waals surface area contributed by atoms with Crippen molar-refractivity contribution in [2.75, 3.05) is 7.11 Å². The molecule has 0 aliphatic carbocycles. The second-order valence-corrected chi connectivity index (χ2v) is 4.73. The fourth-order valence-corrected chi connectivity index (χ4v) is 1.88. The lowest BCUT2D eigenvalue weighted by molar-refractivity contribution is -0.141. The van der Waals surface area contributed by atoms with Crippen molar-refractivity contribution in [3.63, 3.8) is 0 Å². The van der Waals surface area contributed by atoms with E-state index in [0.717, 1.165) is 0 Å². The maximum atomic E-state index is 13.5. The highest BCUT2D eigenvalue weighted by Crippen LogP contribution is 2.18. The predicted molar refractivity (Wildman–Crippen MR) is 80.3 cm³/mol. The van der Waals surface area contributed by atoms with E-state index in [1.807, 2.05) is 0 Å². The van der Waals surface area contributed by atoms with Crippen LogP contribution in [0.2, 0.25) is 0 Å². The van der Waals surface area contributed by atoms with E-state index in [1.165, 1.54) is 19.2 Å². The molecule has 0 fully saturated rings. The molecule has 1 atom stereocenters. The van der Waals surface area contributed by atoms with Gasteiger partial charge in [0.05, 0.1) is 7.11 Å². The second kappa shape index (κ2) is 8.81. The lowest BCUT2D eigenvalue weighted by Crippen LogP contribution is -2.40. The van der Waals surface area contributed by atoms with Crippen LogP contribution in [0, 0.1) is 5.82 Å². The van der Waals surface area contributed by atoms with Crippen molar-refractivity contribution >= 4 is 11.9 Å². The molecule has 2 N–H and O–H groups in total. The first-order chi connectivity index (χ1) is 10.5. The van der Waals surface area contributed by atoms with Gasteiger partial charge in [0, 0.05) is 6.42 Å². The molecule has 0 bridgehead atoms. The zero-order valence-corrected chi connectivity index (χ0v) is 12.6. The average molecular weight is 309 g/mol. The summed E-state index contributed by atoms with van der Waals surface area (Å²) in [7, 11) is 1.38. The SMILES string of the molecule is C/C=C/CC(NC(=O)CCc1ccc(OC)c(F)c1)C(=O)O. The van der Waals surface area contributed by atoms with Crippen LogP contribution >= 0.6 is 0 Å². The topological polar surface area (TPSA) is 75.6 Å². The number of ether oxygens (including phenoxy) is 1. The Bertz CT molecular complexity index is 557. The summed E-state index contributed by atoms with van der Waals surface area (Å²) >= 11 is 0. The van der Waals surface area contributed by atoms with Crippen LogP contribution in [-0.4, -0.2) is 30.1 Å². The van der Waals surface area contributed by atoms with Crippen LogP contribution in [0.15, 0.2) is 30.4 Å². The molecular weight excluding hydrogens is 289 g/mol. The van der Waals surface area contributed by atoms with Gasteiger partial charge < -0.3 is 15.2 Å². The van der Waals surface area contributed by atoms with E-state index in [2.05, 4.69) is 5.32 Å². The Morgan fingerprint density at radius 1 is 1.45 bits per heavy atom. The molecule has 0 saturated heterocycles. The van der Waals surface area contributed by atoms with Gasteiger partial charge in [-0.2, -0.15) is 0 Å². The van der Waals surface area contributed by atoms with Crippen LogP contribution < -0.4 is 10.1 Å². The monoisotopic (exact) mass is 309 g/mol. The number of carboxylic acid groups (broad SMARTS) is 1. The molecule has 0 aliphatic rings. The molecule has 5 nitrogen and oxygen atoms in total. The quantitative estimate of drug-likeness (QED) is 0.723. The van der Waals surface area contributed by atoms with Gasteiger partial charge in [0.2, 0.25) is 5.91 Å². The molecule has 1 amide bonds. The molecule has 0 radical (unpaired) electrons. The predicted octanol–water partition coefficient (Wildman–Crippen LogP) is 2.30. The summed E-state index contributed by atoms with van der Waals surface area (Å²) < 4.78 is 18.3. The van der Waals surface area contributed by atoms with Gasteiger partial charge in [-0.1, -0.05) is 18.2 Å². The van der Waals surface area contributed by atoms with Gasteiger partial charge >= 0.3 is 5.97 Å². The van der Waals surface area contributed by atoms with Crippen molar-refractivity contribution in [1.29, 1.82) is 0 Å². The fourth-order valence-electron chi connectivity index (χ4n) is 1.88. The molecule has 1 rings (SSSR count). The van der Waals surface area contributed by atoms with Gasteiger partial charge in [0.15, 0.2) is 11.6 Å². The van der Waals surface area contributed by atoms with Crippen LogP contribution in [0.5, 0.6) is 5.75 Å². The molecule has 1 unspecified atom stereocenters. The third kappa shape index (κ3) is 5.55. The number of aryl methyl sites for hydroxylation is 1. The Balaban J connectivity index is 2.54. The number of rotatable bonds is 8. The summed E-state index contributed by atoms with van der Waals surface area (Å²) in [6.45, 7) is 1.78. The maximum absolute atomic E-state index is 13.5. The maximum Gasteiger partial charge on any atom is 0.326 e. The molecule has 1 aromatic carbocycles. The number of nitrogens with one attached hydrogen (secondary N) is 1. The minimum atomic E-state index is -1.08. The normalized spacial score (nSPS) is 12.1. The van der Waals surface area contributed by atoms with Gasteiger partial charge in [0.25, 0.3) is 0 Å². The highest BCUT2D eigenvalue weighted by atomic mass is 19.1. The van der Waals surface area contributed by atoms with Crippen molar-refractivity contribution in [2.45, 2.75) is 32.2 Å². The number of methoxy groups -OCH3 is 1. The van der Waals surface area contributed by atoms with Gasteiger partial charge in [-0.05, 0) is 37.5 Å². The summed E-state index contributed by atoms with van der Waals surface area (Å²) in [4.78, 5) is 22.8. The Kier molecular flexibility index (Phi) is 7.08. The van der Waals surface area contributed by atoms with E-state index in [1.54, 1.807) is 25.1 Å². The van der Waals surface area contributed by atoms with Gasteiger partial charge in [0.1, 0.15) is 6.04 Å². The van der Waals surface area contributed by atoms with Crippen LogP contribution in [0.25, 0.3) is 0 Å². The molecule has 0 aromatic heterocycles. The van der Waals surface area contributed by atoms with Crippen molar-refractivity contribution in [1.82, 2.24) is 5.32 Å². The summed E-state index contributed by atoms with van der Waals surface area (Å²) in [5, 5.41) is 11.5. The third-order valence-electron chi connectivity index (χ3n) is 3.10. The van der Waals surface area contributed by atoms with Crippen molar-refractivity contribution in [3.05, 3.63) is 41.7 Å². The molecule has 120 valence electrons. The number of amides is 1. The fraction of sp³-hybridized carbons (Fsp3) is 0.375. The number of halogens is 1. The number of aliphatic carboxylic acids is 1. The molecule has 0 saturated carbocycles. The number of allylic oxidation sites excluding steroid dienone is 1. The van der Waals surface area contributed by atoms with E-state index >= 15 is 0 Å². The standard InChI is InChI=1S/C16H20FNO4/c1-3-4-5-13(16(20)21)18-15(19)9-7-11-6-8-14(22-2)12(17)10-11/h3-4,6,8,10,13H,5,7,9H2,1-2H3,(H,18,19)(H,20,21)/b4-3+. The Morgan fingerprint density at radius 2 is 2.18 bits per heavy atom. The molecule has 1 aromatic rings. The molecular formula is C16H20FNO4. The highest BCUT2D eigenvalue weighted by molar-refractivity contribution is 5.83. The first-order valence-corrected chi connectivity index (χ1v) is 6.93. The number of hydrogen-bond donors (Lipinski definition) is 2. The first-order valence-electron chi connectivity index (χ1n) is 6.93. The molecule has 0 heterocycles. The second-order valence-electron chi connectivity index (χ2n) is 4.73. The molecule has 6 heteroatoms. The van der Waals surface area contributed by atoms with Gasteiger partial charge in [-0.15, -0.1) is 0 Å². The van der Waals surface area contributed by atoms with Gasteiger partial charge in [-0.25, -0.2) is 9.18 Å². The highest BCUT2D eigenvalue weighted by Gasteiger charge is 2.18. The lowest BCUT2D eigenvalue weighted by atomic mass is 10.1. The zero-order chi connectivity index (χ0) is 16.5. The summed E-state index contributed by atoms with van der Waals surface area (Å²) in [5.74, 6) is -1.81. The van der Waals surface area contributed by atoms with Crippen LogP contribution in [0.4, 0.5) is 4.39 Å². The van der Waals surface area contributed by atoms with E-state index in [4.69, 9.17) is 9.84 Å². The molecule has 0 aliphatic heterocycles. The zero-order valence-electron chi connectivity index (χ0n) is 12.6. The van der Waals surface area contributed by atoms with Gasteiger partial charge in [-0.3, -0.25) is 4.79 Å². The van der Waals surface area contributed by atoms with E-state index < -0.39 is 17.8 Å². The van der Waals surface area contributed by atoms with Crippen LogP contribution in [0.3, 0.4) is 0 Å². The molecule has 0 spiro atoms. The largest absolute Gasteiger partial charge is 0.494 e. The van der Waals surface area contributed by atoms with E-state index in [9.17, 15) is 14.0 Å². The Hall–Kier alpha value is -2.37. The number of carbonyl (C=O) groups is 2. The number of carboxylic acids is 1. The number of hydrogen-bond acceptors (Lipinski definition) is 3. The Morgan fingerprint density at radius 3 is 2.73 bits per heavy atom. The summed E-state index contributed by atoms with van der Waals surface area (Å²) in [5.41, 5.74) is 0.647. The summed E-state index contributed by atoms with van der Waals surface area (Å²) in [6, 6.07) is 3.52. The lowest BCUT2D eigenvalue weighted by Gasteiger charge is -2.12. The number of benzene rings is 1. The Labute approximate surface area is 128 Å². The smallest absolute Gasteiger partial charge is 0.326 e. The van der Waals surface area contributed by atoms with Crippen LogP contribution in [-0.2, 0) is 16.0 Å². The van der Waals surface area contributed by atoms with E-state index in [-0.39, 0.29) is 24.5 Å². The van der Waals surface area contributed by atoms with E-state index in [0.29, 0.717) is 12.0 Å². The minimum absolute atomic E-state index is 0.0887. The molecule has 22 heavy (non-hydrogen) atoms. The minimum Gasteiger partial charge on any atom is -0.494 e. The number of carbonyl (C=O) groups excluding carboxylic acids is 1. The average Bonchev–Trinajstić information content (AvgIpc) is 2.49. The van der Waals surface area contributed by atoms with Crippen molar-refractivity contribution in [3.8, 4) is 5.75 Å². The van der Waals surface area contributed by atoms with Crippen molar-refractivity contribution in [2.24, 2.45) is 0 Å². The van der Waals surface area contributed by atoms with Crippen molar-refractivity contribution < 1.29 is 23.8 Å².